The molecular formula is C26H26F2N2O2. The summed E-state index contributed by atoms with van der Waals surface area (Å²) in [6.45, 7) is 6.53. The molecule has 2 heterocycles. The average molecular weight is 437 g/mol. The van der Waals surface area contributed by atoms with E-state index in [-0.39, 0.29) is 17.2 Å². The minimum atomic E-state index is -1.17. The van der Waals surface area contributed by atoms with Gasteiger partial charge in [0.2, 0.25) is 0 Å². The predicted octanol–water partition coefficient (Wildman–Crippen LogP) is 5.85. The first-order valence-electron chi connectivity index (χ1n) is 10.8. The van der Waals surface area contributed by atoms with Crippen LogP contribution in [0.5, 0.6) is 0 Å². The van der Waals surface area contributed by atoms with Crippen LogP contribution in [0.4, 0.5) is 8.78 Å². The summed E-state index contributed by atoms with van der Waals surface area (Å²) in [7, 11) is 0. The minimum absolute atomic E-state index is 0.0208. The Kier molecular flexibility index (Phi) is 6.24. The van der Waals surface area contributed by atoms with E-state index >= 15 is 8.78 Å². The van der Waals surface area contributed by atoms with E-state index in [1.807, 2.05) is 30.3 Å². The molecule has 0 bridgehead atoms. The standard InChI is InChI=1S/C26H26F2N2O2/c1-3-5-12-30-17(4-2)15-19-18-8-6-7-9-22(18)29-25(19)26(30)24-20(27)13-16(14-21(24)28)10-11-23(31)32/h3,6-11,13-14,17,26,29H,1,4-5,12,15H2,2H3,(H,31,32)/b11-10+/t17-,26-/m0/s1. The number of rotatable bonds is 7. The topological polar surface area (TPSA) is 56.3 Å². The summed E-state index contributed by atoms with van der Waals surface area (Å²) in [5.41, 5.74) is 3.01. The van der Waals surface area contributed by atoms with E-state index in [2.05, 4.69) is 23.4 Å². The predicted molar refractivity (Wildman–Crippen MR) is 122 cm³/mol. The Bertz CT molecular complexity index is 1170. The monoisotopic (exact) mass is 436 g/mol. The summed E-state index contributed by atoms with van der Waals surface area (Å²) >= 11 is 0. The van der Waals surface area contributed by atoms with Crippen molar-refractivity contribution in [2.75, 3.05) is 6.54 Å². The Hall–Kier alpha value is -3.25. The fourth-order valence-corrected chi connectivity index (χ4v) is 4.77. The molecule has 32 heavy (non-hydrogen) atoms. The number of carboxylic acid groups (broad SMARTS) is 1. The zero-order valence-corrected chi connectivity index (χ0v) is 17.9. The molecule has 166 valence electrons. The van der Waals surface area contributed by atoms with Gasteiger partial charge in [-0.2, -0.15) is 0 Å². The highest BCUT2D eigenvalue weighted by Gasteiger charge is 2.39. The lowest BCUT2D eigenvalue weighted by Gasteiger charge is -2.42. The number of H-pyrrole nitrogens is 1. The number of hydrogen-bond acceptors (Lipinski definition) is 2. The highest BCUT2D eigenvalue weighted by Crippen LogP contribution is 2.43. The summed E-state index contributed by atoms with van der Waals surface area (Å²) in [6, 6.07) is 9.83. The molecule has 4 rings (SSSR count). The number of carboxylic acids is 1. The highest BCUT2D eigenvalue weighted by molar-refractivity contribution is 5.86. The molecule has 0 amide bonds. The summed E-state index contributed by atoms with van der Waals surface area (Å²) in [5, 5.41) is 9.91. The van der Waals surface area contributed by atoms with Gasteiger partial charge in [0.15, 0.2) is 0 Å². The van der Waals surface area contributed by atoms with E-state index < -0.39 is 23.6 Å². The van der Waals surface area contributed by atoms with Gasteiger partial charge in [-0.15, -0.1) is 6.58 Å². The molecule has 0 unspecified atom stereocenters. The summed E-state index contributed by atoms with van der Waals surface area (Å²) in [6.07, 6.45) is 6.22. The third-order valence-corrected chi connectivity index (χ3v) is 6.22. The fraction of sp³-hybridized carbons (Fsp3) is 0.269. The van der Waals surface area contributed by atoms with Gasteiger partial charge in [-0.25, -0.2) is 13.6 Å². The van der Waals surface area contributed by atoms with Gasteiger partial charge in [0.05, 0.1) is 6.04 Å². The third-order valence-electron chi connectivity index (χ3n) is 6.22. The maximum Gasteiger partial charge on any atom is 0.328 e. The Morgan fingerprint density at radius 1 is 1.28 bits per heavy atom. The molecule has 1 aromatic heterocycles. The zero-order chi connectivity index (χ0) is 22.8. The lowest BCUT2D eigenvalue weighted by Crippen LogP contribution is -2.45. The van der Waals surface area contributed by atoms with Crippen LogP contribution in [0.1, 0.15) is 48.2 Å². The first kappa shape index (κ1) is 22.0. The van der Waals surface area contributed by atoms with Gasteiger partial charge in [-0.1, -0.05) is 31.2 Å². The van der Waals surface area contributed by atoms with Crippen molar-refractivity contribution in [3.63, 3.8) is 0 Å². The van der Waals surface area contributed by atoms with E-state index in [0.717, 1.165) is 41.1 Å². The van der Waals surface area contributed by atoms with Crippen LogP contribution in [-0.4, -0.2) is 33.5 Å². The second kappa shape index (κ2) is 9.09. The van der Waals surface area contributed by atoms with Crippen LogP contribution in [0.3, 0.4) is 0 Å². The van der Waals surface area contributed by atoms with Gasteiger partial charge in [-0.3, -0.25) is 4.90 Å². The van der Waals surface area contributed by atoms with Gasteiger partial charge in [0.25, 0.3) is 0 Å². The quantitative estimate of drug-likeness (QED) is 0.361. The van der Waals surface area contributed by atoms with Gasteiger partial charge < -0.3 is 10.1 Å². The van der Waals surface area contributed by atoms with Crippen molar-refractivity contribution in [3.8, 4) is 0 Å². The molecule has 0 saturated heterocycles. The maximum atomic E-state index is 15.4. The molecule has 1 aliphatic heterocycles. The van der Waals surface area contributed by atoms with Crippen molar-refractivity contribution >= 4 is 22.9 Å². The van der Waals surface area contributed by atoms with Crippen LogP contribution in [0.25, 0.3) is 17.0 Å². The normalized spacial score (nSPS) is 18.8. The van der Waals surface area contributed by atoms with Crippen molar-refractivity contribution < 1.29 is 18.7 Å². The number of aromatic nitrogens is 1. The van der Waals surface area contributed by atoms with E-state index in [0.29, 0.717) is 13.0 Å². The van der Waals surface area contributed by atoms with E-state index in [4.69, 9.17) is 5.11 Å². The number of benzene rings is 2. The van der Waals surface area contributed by atoms with Crippen molar-refractivity contribution in [1.82, 2.24) is 9.88 Å². The zero-order valence-electron chi connectivity index (χ0n) is 17.9. The molecule has 2 atom stereocenters. The first-order valence-corrected chi connectivity index (χ1v) is 10.8. The second-order valence-electron chi connectivity index (χ2n) is 8.12. The first-order chi connectivity index (χ1) is 15.4. The van der Waals surface area contributed by atoms with Crippen LogP contribution in [-0.2, 0) is 11.2 Å². The second-order valence-corrected chi connectivity index (χ2v) is 8.12. The minimum Gasteiger partial charge on any atom is -0.478 e. The third kappa shape index (κ3) is 3.98. The number of aromatic amines is 1. The van der Waals surface area contributed by atoms with Gasteiger partial charge >= 0.3 is 5.97 Å². The van der Waals surface area contributed by atoms with Crippen LogP contribution in [0.15, 0.2) is 55.1 Å². The van der Waals surface area contributed by atoms with E-state index in [9.17, 15) is 4.79 Å². The van der Waals surface area contributed by atoms with Crippen molar-refractivity contribution in [1.29, 1.82) is 0 Å². The number of carbonyl (C=O) groups is 1. The molecule has 2 aromatic carbocycles. The highest BCUT2D eigenvalue weighted by atomic mass is 19.1. The molecule has 0 spiro atoms. The molecule has 3 aromatic rings. The van der Waals surface area contributed by atoms with Crippen LogP contribution < -0.4 is 0 Å². The molecule has 6 heteroatoms. The molecule has 0 radical (unpaired) electrons. The number of para-hydroxylation sites is 1. The maximum absolute atomic E-state index is 15.4. The molecule has 0 fully saturated rings. The number of nitrogens with one attached hydrogen (secondary N) is 1. The van der Waals surface area contributed by atoms with Crippen LogP contribution >= 0.6 is 0 Å². The van der Waals surface area contributed by atoms with Crippen molar-refractivity contribution in [2.24, 2.45) is 0 Å². The Morgan fingerprint density at radius 2 is 2.00 bits per heavy atom. The molecule has 2 N–H and O–H groups in total. The summed E-state index contributed by atoms with van der Waals surface area (Å²) in [4.78, 5) is 16.4. The Labute approximate surface area is 185 Å². The lowest BCUT2D eigenvalue weighted by atomic mass is 9.86. The Morgan fingerprint density at radius 3 is 2.66 bits per heavy atom. The van der Waals surface area contributed by atoms with E-state index in [1.165, 1.54) is 18.2 Å². The molecule has 1 aliphatic rings. The number of halogens is 2. The SMILES string of the molecule is C=CCCN1[C@@H](CC)Cc2c([nH]c3ccccc23)[C@@H]1c1c(F)cc(/C=C/C(=O)O)cc1F. The fourth-order valence-electron chi connectivity index (χ4n) is 4.77. The summed E-state index contributed by atoms with van der Waals surface area (Å²) < 4.78 is 30.8. The average Bonchev–Trinajstić information content (AvgIpc) is 3.14. The molecular weight excluding hydrogens is 410 g/mol. The van der Waals surface area contributed by atoms with Gasteiger partial charge in [0, 0.05) is 40.8 Å². The number of hydrogen-bond donors (Lipinski definition) is 2. The molecule has 0 aliphatic carbocycles. The smallest absolute Gasteiger partial charge is 0.328 e. The lowest BCUT2D eigenvalue weighted by molar-refractivity contribution is -0.131. The van der Waals surface area contributed by atoms with Crippen molar-refractivity contribution in [3.05, 3.63) is 89.1 Å². The van der Waals surface area contributed by atoms with Crippen LogP contribution in [0, 0.1) is 11.6 Å². The van der Waals surface area contributed by atoms with Crippen LogP contribution in [0.2, 0.25) is 0 Å². The largest absolute Gasteiger partial charge is 0.478 e. The number of aliphatic carboxylic acids is 1. The molecule has 4 nitrogen and oxygen atoms in total. The van der Waals surface area contributed by atoms with E-state index in [1.54, 1.807) is 0 Å². The number of nitrogens with zero attached hydrogens (tertiary/aromatic N) is 1. The summed E-state index contributed by atoms with van der Waals surface area (Å²) in [5.74, 6) is -2.55. The van der Waals surface area contributed by atoms with Gasteiger partial charge in [-0.05, 0) is 54.7 Å². The van der Waals surface area contributed by atoms with Crippen molar-refractivity contribution in [2.45, 2.75) is 38.3 Å². The Balaban J connectivity index is 1.91. The number of fused-ring (bicyclic) bond motifs is 3. The molecule has 0 saturated carbocycles. The van der Waals surface area contributed by atoms with Gasteiger partial charge in [0.1, 0.15) is 11.6 Å².